The third kappa shape index (κ3) is 3.17. The van der Waals surface area contributed by atoms with E-state index in [1.807, 2.05) is 31.2 Å². The molecule has 88 valence electrons. The van der Waals surface area contributed by atoms with Crippen molar-refractivity contribution in [2.45, 2.75) is 39.2 Å². The molecule has 0 aromatic heterocycles. The molecule has 1 aromatic rings. The summed E-state index contributed by atoms with van der Waals surface area (Å²) in [6.07, 6.45) is 2.60. The van der Waals surface area contributed by atoms with Crippen LogP contribution < -0.4 is 0 Å². The zero-order valence-electron chi connectivity index (χ0n) is 10.3. The van der Waals surface area contributed by atoms with Crippen molar-refractivity contribution < 1.29 is 9.53 Å². The van der Waals surface area contributed by atoms with E-state index in [2.05, 4.69) is 6.92 Å². The summed E-state index contributed by atoms with van der Waals surface area (Å²) in [7, 11) is 1.58. The van der Waals surface area contributed by atoms with Gasteiger partial charge in [0.1, 0.15) is 6.10 Å². The van der Waals surface area contributed by atoms with Crippen LogP contribution in [0.25, 0.3) is 0 Å². The lowest BCUT2D eigenvalue weighted by Crippen LogP contribution is -2.21. The maximum absolute atomic E-state index is 12.0. The van der Waals surface area contributed by atoms with Gasteiger partial charge >= 0.3 is 0 Å². The standard InChI is InChI=1S/C14H20O2/c1-4-6-11-7-9-12(10-8-11)14(15)13(5-2)16-3/h7-10,13H,4-6H2,1-3H3. The van der Waals surface area contributed by atoms with E-state index in [1.165, 1.54) is 5.56 Å². The number of Topliss-reactive ketones (excluding diaryl/α,β-unsaturated/α-hetero) is 1. The molecule has 0 aliphatic carbocycles. The Balaban J connectivity index is 2.76. The molecule has 0 amide bonds. The molecule has 0 radical (unpaired) electrons. The number of ether oxygens (including phenoxy) is 1. The van der Waals surface area contributed by atoms with Crippen LogP contribution in [-0.2, 0) is 11.2 Å². The van der Waals surface area contributed by atoms with Gasteiger partial charge in [-0.3, -0.25) is 4.79 Å². The van der Waals surface area contributed by atoms with Crippen molar-refractivity contribution in [1.29, 1.82) is 0 Å². The number of rotatable bonds is 6. The summed E-state index contributed by atoms with van der Waals surface area (Å²) in [5, 5.41) is 0. The van der Waals surface area contributed by atoms with Gasteiger partial charge in [0.15, 0.2) is 5.78 Å². The van der Waals surface area contributed by atoms with Crippen LogP contribution in [0.1, 0.15) is 42.6 Å². The van der Waals surface area contributed by atoms with E-state index < -0.39 is 0 Å². The zero-order chi connectivity index (χ0) is 12.0. The third-order valence-electron chi connectivity index (χ3n) is 2.72. The van der Waals surface area contributed by atoms with Crippen LogP contribution in [0.15, 0.2) is 24.3 Å². The molecule has 1 unspecified atom stereocenters. The van der Waals surface area contributed by atoms with E-state index in [-0.39, 0.29) is 11.9 Å². The van der Waals surface area contributed by atoms with Gasteiger partial charge in [0.25, 0.3) is 0 Å². The average molecular weight is 220 g/mol. The molecule has 0 aliphatic heterocycles. The largest absolute Gasteiger partial charge is 0.373 e. The molecule has 0 saturated heterocycles. The summed E-state index contributed by atoms with van der Waals surface area (Å²) in [4.78, 5) is 12.0. The van der Waals surface area contributed by atoms with Crippen molar-refractivity contribution in [2.75, 3.05) is 7.11 Å². The molecule has 0 spiro atoms. The van der Waals surface area contributed by atoms with Crippen LogP contribution in [0.5, 0.6) is 0 Å². The minimum atomic E-state index is -0.308. The summed E-state index contributed by atoms with van der Waals surface area (Å²) < 4.78 is 5.14. The van der Waals surface area contributed by atoms with Gasteiger partial charge in [-0.05, 0) is 18.4 Å². The fraction of sp³-hybridized carbons (Fsp3) is 0.500. The molecule has 16 heavy (non-hydrogen) atoms. The molecule has 1 aromatic carbocycles. The quantitative estimate of drug-likeness (QED) is 0.688. The Hall–Kier alpha value is -1.15. The van der Waals surface area contributed by atoms with Crippen LogP contribution in [0.4, 0.5) is 0 Å². The highest BCUT2D eigenvalue weighted by Crippen LogP contribution is 2.11. The number of benzene rings is 1. The first-order valence-corrected chi connectivity index (χ1v) is 5.88. The van der Waals surface area contributed by atoms with Crippen LogP contribution in [0, 0.1) is 0 Å². The number of carbonyl (C=O) groups excluding carboxylic acids is 1. The van der Waals surface area contributed by atoms with Gasteiger partial charge in [0, 0.05) is 12.7 Å². The molecule has 2 nitrogen and oxygen atoms in total. The number of methoxy groups -OCH3 is 1. The van der Waals surface area contributed by atoms with Crippen LogP contribution >= 0.6 is 0 Å². The molecule has 2 heteroatoms. The van der Waals surface area contributed by atoms with Gasteiger partial charge in [-0.25, -0.2) is 0 Å². The Bertz CT molecular complexity index is 323. The number of hydrogen-bond donors (Lipinski definition) is 0. The topological polar surface area (TPSA) is 26.3 Å². The smallest absolute Gasteiger partial charge is 0.191 e. The normalized spacial score (nSPS) is 12.4. The second kappa shape index (κ2) is 6.44. The predicted molar refractivity (Wildman–Crippen MR) is 65.9 cm³/mol. The van der Waals surface area contributed by atoms with Gasteiger partial charge in [0.05, 0.1) is 0 Å². The SMILES string of the molecule is CCCc1ccc(C(=O)C(CC)OC)cc1. The van der Waals surface area contributed by atoms with Crippen LogP contribution in [-0.4, -0.2) is 19.0 Å². The van der Waals surface area contributed by atoms with Crippen molar-refractivity contribution in [3.05, 3.63) is 35.4 Å². The van der Waals surface area contributed by atoms with E-state index in [0.717, 1.165) is 18.4 Å². The zero-order valence-corrected chi connectivity index (χ0v) is 10.3. The molecule has 0 N–H and O–H groups in total. The first-order chi connectivity index (χ1) is 7.72. The minimum Gasteiger partial charge on any atom is -0.373 e. The van der Waals surface area contributed by atoms with Gasteiger partial charge in [-0.2, -0.15) is 0 Å². The van der Waals surface area contributed by atoms with Gasteiger partial charge < -0.3 is 4.74 Å². The number of aryl methyl sites for hydroxylation is 1. The van der Waals surface area contributed by atoms with Crippen molar-refractivity contribution >= 4 is 5.78 Å². The van der Waals surface area contributed by atoms with Crippen LogP contribution in [0.3, 0.4) is 0 Å². The monoisotopic (exact) mass is 220 g/mol. The molecule has 0 saturated carbocycles. The van der Waals surface area contributed by atoms with Crippen molar-refractivity contribution in [3.8, 4) is 0 Å². The molecular formula is C14H20O2. The minimum absolute atomic E-state index is 0.0769. The van der Waals surface area contributed by atoms with Gasteiger partial charge in [-0.15, -0.1) is 0 Å². The van der Waals surface area contributed by atoms with E-state index in [1.54, 1.807) is 7.11 Å². The molecule has 0 aliphatic rings. The average Bonchev–Trinajstić information content (AvgIpc) is 2.32. The summed E-state index contributed by atoms with van der Waals surface area (Å²) in [5.74, 6) is 0.0769. The Morgan fingerprint density at radius 1 is 1.25 bits per heavy atom. The third-order valence-corrected chi connectivity index (χ3v) is 2.72. The molecule has 1 atom stereocenters. The lowest BCUT2D eigenvalue weighted by atomic mass is 10.0. The summed E-state index contributed by atoms with van der Waals surface area (Å²) in [6, 6.07) is 7.85. The summed E-state index contributed by atoms with van der Waals surface area (Å²) in [5.41, 5.74) is 2.03. The first-order valence-electron chi connectivity index (χ1n) is 5.88. The molecule has 0 heterocycles. The molecule has 1 rings (SSSR count). The summed E-state index contributed by atoms with van der Waals surface area (Å²) in [6.45, 7) is 4.11. The number of ketones is 1. The summed E-state index contributed by atoms with van der Waals surface area (Å²) >= 11 is 0. The van der Waals surface area contributed by atoms with E-state index in [0.29, 0.717) is 6.42 Å². The number of carbonyl (C=O) groups is 1. The number of hydrogen-bond acceptors (Lipinski definition) is 2. The highest BCUT2D eigenvalue weighted by atomic mass is 16.5. The van der Waals surface area contributed by atoms with Gasteiger partial charge in [-0.1, -0.05) is 44.5 Å². The highest BCUT2D eigenvalue weighted by Gasteiger charge is 2.16. The highest BCUT2D eigenvalue weighted by molar-refractivity contribution is 5.99. The molecule has 0 fully saturated rings. The second-order valence-electron chi connectivity index (χ2n) is 3.94. The van der Waals surface area contributed by atoms with Crippen molar-refractivity contribution in [3.63, 3.8) is 0 Å². The van der Waals surface area contributed by atoms with E-state index in [9.17, 15) is 4.79 Å². The Morgan fingerprint density at radius 3 is 2.31 bits per heavy atom. The van der Waals surface area contributed by atoms with E-state index >= 15 is 0 Å². The first kappa shape index (κ1) is 12.9. The Labute approximate surface area is 97.6 Å². The fourth-order valence-corrected chi connectivity index (χ4v) is 1.77. The van der Waals surface area contributed by atoms with Gasteiger partial charge in [0.2, 0.25) is 0 Å². The van der Waals surface area contributed by atoms with Crippen molar-refractivity contribution in [2.24, 2.45) is 0 Å². The second-order valence-corrected chi connectivity index (χ2v) is 3.94. The van der Waals surface area contributed by atoms with E-state index in [4.69, 9.17) is 4.74 Å². The Morgan fingerprint density at radius 2 is 1.88 bits per heavy atom. The van der Waals surface area contributed by atoms with Crippen LogP contribution in [0.2, 0.25) is 0 Å². The Kier molecular flexibility index (Phi) is 5.20. The molecule has 0 bridgehead atoms. The maximum atomic E-state index is 12.0. The lowest BCUT2D eigenvalue weighted by Gasteiger charge is -2.11. The molecular weight excluding hydrogens is 200 g/mol. The fourth-order valence-electron chi connectivity index (χ4n) is 1.77. The predicted octanol–water partition coefficient (Wildman–Crippen LogP) is 3.25. The van der Waals surface area contributed by atoms with Crippen molar-refractivity contribution in [1.82, 2.24) is 0 Å². The lowest BCUT2D eigenvalue weighted by molar-refractivity contribution is 0.0595. The maximum Gasteiger partial charge on any atom is 0.191 e.